The highest BCUT2D eigenvalue weighted by Crippen LogP contribution is 2.29. The Morgan fingerprint density at radius 2 is 1.97 bits per heavy atom. The van der Waals surface area contributed by atoms with E-state index < -0.39 is 0 Å². The topological polar surface area (TPSA) is 81.7 Å². The Bertz CT molecular complexity index is 1040. The number of aromatic amines is 1. The quantitative estimate of drug-likeness (QED) is 0.606. The molecule has 4 rings (SSSR count). The van der Waals surface area contributed by atoms with Crippen molar-refractivity contribution in [2.45, 2.75) is 32.7 Å². The van der Waals surface area contributed by atoms with E-state index in [4.69, 9.17) is 4.74 Å². The Balaban J connectivity index is 1.51. The number of hydrogen-bond acceptors (Lipinski definition) is 5. The van der Waals surface area contributed by atoms with Gasteiger partial charge in [-0.2, -0.15) is 5.10 Å². The predicted molar refractivity (Wildman–Crippen MR) is 122 cm³/mol. The van der Waals surface area contributed by atoms with E-state index in [-0.39, 0.29) is 17.2 Å². The first-order chi connectivity index (χ1) is 15.1. The lowest BCUT2D eigenvalue weighted by molar-refractivity contribution is 0.0342. The number of rotatable bonds is 7. The first-order valence-electron chi connectivity index (χ1n) is 10.9. The molecule has 0 unspecified atom stereocenters. The maximum Gasteiger partial charge on any atom is 0.261 e. The summed E-state index contributed by atoms with van der Waals surface area (Å²) in [4.78, 5) is 17.1. The number of nitrogens with one attached hydrogen (secondary N) is 1. The maximum absolute atomic E-state index is 13.2. The molecule has 3 aromatic rings. The minimum absolute atomic E-state index is 0.0539. The van der Waals surface area contributed by atoms with E-state index in [0.29, 0.717) is 5.52 Å². The second-order valence-electron chi connectivity index (χ2n) is 8.11. The van der Waals surface area contributed by atoms with Gasteiger partial charge in [0.15, 0.2) is 0 Å². The number of fused-ring (bicyclic) bond motifs is 1. The molecule has 1 amide bonds. The maximum atomic E-state index is 13.2. The number of carbonyl (C=O) groups is 1. The molecule has 31 heavy (non-hydrogen) atoms. The van der Waals surface area contributed by atoms with Gasteiger partial charge in [-0.1, -0.05) is 25.5 Å². The van der Waals surface area contributed by atoms with E-state index >= 15 is 0 Å². The molecule has 7 heteroatoms. The third kappa shape index (κ3) is 4.73. The van der Waals surface area contributed by atoms with Gasteiger partial charge >= 0.3 is 0 Å². The molecule has 7 nitrogen and oxygen atoms in total. The number of nitrogens with zero attached hydrogens (tertiary/aromatic N) is 3. The number of H-pyrrole nitrogens is 1. The monoisotopic (exact) mass is 422 g/mol. The number of aryl methyl sites for hydroxylation is 1. The van der Waals surface area contributed by atoms with Gasteiger partial charge in [0.1, 0.15) is 5.75 Å². The number of carbonyl (C=O) groups excluding carboxylic acids is 1. The average molecular weight is 423 g/mol. The number of unbranched alkanes of at least 4 members (excludes halogenated alkanes) is 1. The number of aromatic nitrogens is 2. The van der Waals surface area contributed by atoms with Crippen molar-refractivity contribution < 1.29 is 14.6 Å². The Kier molecular flexibility index (Phi) is 6.53. The minimum atomic E-state index is -0.247. The van der Waals surface area contributed by atoms with Gasteiger partial charge in [0, 0.05) is 49.5 Å². The van der Waals surface area contributed by atoms with Crippen LogP contribution < -0.4 is 4.90 Å². The van der Waals surface area contributed by atoms with Gasteiger partial charge in [-0.15, -0.1) is 0 Å². The van der Waals surface area contributed by atoms with Crippen molar-refractivity contribution in [3.05, 3.63) is 53.2 Å². The Morgan fingerprint density at radius 3 is 2.68 bits per heavy atom. The van der Waals surface area contributed by atoms with Crippen molar-refractivity contribution in [3.8, 4) is 5.75 Å². The van der Waals surface area contributed by atoms with Gasteiger partial charge in [-0.25, -0.2) is 0 Å². The first kappa shape index (κ1) is 21.3. The molecule has 2 N–H and O–H groups in total. The Hall–Kier alpha value is -2.90. The van der Waals surface area contributed by atoms with Crippen molar-refractivity contribution >= 4 is 22.5 Å². The zero-order valence-electron chi connectivity index (χ0n) is 18.2. The highest BCUT2D eigenvalue weighted by atomic mass is 16.5. The zero-order valence-corrected chi connectivity index (χ0v) is 18.2. The Morgan fingerprint density at radius 1 is 1.23 bits per heavy atom. The molecule has 0 atom stereocenters. The fourth-order valence-electron chi connectivity index (χ4n) is 3.96. The molecule has 0 aliphatic carbocycles. The predicted octanol–water partition coefficient (Wildman–Crippen LogP) is 3.72. The number of ether oxygens (including phenoxy) is 1. The normalized spacial score (nSPS) is 14.8. The molecule has 0 bridgehead atoms. The van der Waals surface area contributed by atoms with Crippen molar-refractivity contribution in [1.29, 1.82) is 0 Å². The second-order valence-corrected chi connectivity index (χ2v) is 8.11. The summed E-state index contributed by atoms with van der Waals surface area (Å²) in [6, 6.07) is 11.3. The number of phenolic OH excluding ortho intramolecular Hbond substituents is 1. The standard InChI is InChI=1S/C24H30N4O3/c1-3-4-5-21-19-14-20(23(29)15-22(19)26-25-21)24(30)27(2)18-8-6-17(7-9-18)16-28-10-12-31-13-11-28/h6-9,14-15,29H,3-5,10-13,16H2,1-2H3,(H,25,26). The molecule has 1 aromatic heterocycles. The molecule has 2 aromatic carbocycles. The van der Waals surface area contributed by atoms with E-state index in [1.165, 1.54) is 5.56 Å². The summed E-state index contributed by atoms with van der Waals surface area (Å²) in [5.74, 6) is -0.301. The van der Waals surface area contributed by atoms with Crippen LogP contribution in [0.3, 0.4) is 0 Å². The van der Waals surface area contributed by atoms with Gasteiger partial charge in [0.25, 0.3) is 5.91 Å². The van der Waals surface area contributed by atoms with Crippen LogP contribution in [0.2, 0.25) is 0 Å². The number of anilines is 1. The van der Waals surface area contributed by atoms with E-state index in [9.17, 15) is 9.90 Å². The summed E-state index contributed by atoms with van der Waals surface area (Å²) >= 11 is 0. The number of morpholine rings is 1. The van der Waals surface area contributed by atoms with E-state index in [2.05, 4.69) is 34.2 Å². The number of amides is 1. The highest BCUT2D eigenvalue weighted by Gasteiger charge is 2.20. The fraction of sp³-hybridized carbons (Fsp3) is 0.417. The van der Waals surface area contributed by atoms with Gasteiger partial charge < -0.3 is 14.7 Å². The number of aromatic hydroxyl groups is 1. The van der Waals surface area contributed by atoms with Crippen LogP contribution in [0.25, 0.3) is 10.9 Å². The van der Waals surface area contributed by atoms with E-state index in [1.54, 1.807) is 24.1 Å². The van der Waals surface area contributed by atoms with Crippen LogP contribution >= 0.6 is 0 Å². The summed E-state index contributed by atoms with van der Waals surface area (Å²) in [6.07, 6.45) is 2.98. The third-order valence-corrected chi connectivity index (χ3v) is 5.90. The van der Waals surface area contributed by atoms with E-state index in [0.717, 1.165) is 68.9 Å². The summed E-state index contributed by atoms with van der Waals surface area (Å²) in [6.45, 7) is 6.45. The van der Waals surface area contributed by atoms with Crippen LogP contribution in [0.5, 0.6) is 5.75 Å². The lowest BCUT2D eigenvalue weighted by atomic mass is 10.1. The number of benzene rings is 2. The smallest absolute Gasteiger partial charge is 0.261 e. The van der Waals surface area contributed by atoms with Crippen molar-refractivity contribution in [1.82, 2.24) is 15.1 Å². The first-order valence-corrected chi connectivity index (χ1v) is 10.9. The molecule has 1 fully saturated rings. The van der Waals surface area contributed by atoms with Crippen molar-refractivity contribution in [3.63, 3.8) is 0 Å². The van der Waals surface area contributed by atoms with Crippen LogP contribution in [0.15, 0.2) is 36.4 Å². The molecule has 164 valence electrons. The van der Waals surface area contributed by atoms with Crippen LogP contribution in [0.4, 0.5) is 5.69 Å². The van der Waals surface area contributed by atoms with E-state index in [1.807, 2.05) is 12.1 Å². The molecule has 0 saturated carbocycles. The molecule has 1 aliphatic heterocycles. The lowest BCUT2D eigenvalue weighted by Gasteiger charge is -2.26. The third-order valence-electron chi connectivity index (χ3n) is 5.90. The molecule has 1 saturated heterocycles. The molecule has 0 radical (unpaired) electrons. The molecule has 0 spiro atoms. The summed E-state index contributed by atoms with van der Waals surface area (Å²) in [5.41, 5.74) is 3.95. The summed E-state index contributed by atoms with van der Waals surface area (Å²) in [5, 5.41) is 18.7. The summed E-state index contributed by atoms with van der Waals surface area (Å²) in [7, 11) is 1.73. The van der Waals surface area contributed by atoms with Crippen LogP contribution in [-0.2, 0) is 17.7 Å². The molecule has 2 heterocycles. The van der Waals surface area contributed by atoms with Crippen molar-refractivity contribution in [2.24, 2.45) is 0 Å². The second kappa shape index (κ2) is 9.49. The number of phenols is 1. The lowest BCUT2D eigenvalue weighted by Crippen LogP contribution is -2.35. The minimum Gasteiger partial charge on any atom is -0.507 e. The van der Waals surface area contributed by atoms with Crippen LogP contribution in [0.1, 0.15) is 41.4 Å². The van der Waals surface area contributed by atoms with Crippen molar-refractivity contribution in [2.75, 3.05) is 38.3 Å². The van der Waals surface area contributed by atoms with Gasteiger partial charge in [0.05, 0.1) is 24.3 Å². The zero-order chi connectivity index (χ0) is 21.8. The highest BCUT2D eigenvalue weighted by molar-refractivity contribution is 6.09. The van der Waals surface area contributed by atoms with Crippen LogP contribution in [-0.4, -0.2) is 59.5 Å². The number of hydrogen-bond donors (Lipinski definition) is 2. The largest absolute Gasteiger partial charge is 0.507 e. The molecular formula is C24H30N4O3. The SMILES string of the molecule is CCCCc1[nH]nc2cc(O)c(C(=O)N(C)c3ccc(CN4CCOCC4)cc3)cc12. The molecule has 1 aliphatic rings. The Labute approximate surface area is 182 Å². The average Bonchev–Trinajstić information content (AvgIpc) is 3.19. The van der Waals surface area contributed by atoms with Gasteiger partial charge in [-0.05, 0) is 36.6 Å². The van der Waals surface area contributed by atoms with Crippen LogP contribution in [0, 0.1) is 0 Å². The van der Waals surface area contributed by atoms with Gasteiger partial charge in [-0.3, -0.25) is 14.8 Å². The fourth-order valence-corrected chi connectivity index (χ4v) is 3.96. The molecular weight excluding hydrogens is 392 g/mol. The van der Waals surface area contributed by atoms with Gasteiger partial charge in [0.2, 0.25) is 0 Å². The summed E-state index contributed by atoms with van der Waals surface area (Å²) < 4.78 is 5.40.